The van der Waals surface area contributed by atoms with Gasteiger partial charge in [0, 0.05) is 11.6 Å². The largest absolute Gasteiger partial charge is 0.497 e. The highest BCUT2D eigenvalue weighted by molar-refractivity contribution is 6.07. The van der Waals surface area contributed by atoms with E-state index in [2.05, 4.69) is 0 Å². The summed E-state index contributed by atoms with van der Waals surface area (Å²) in [6.07, 6.45) is 3.39. The van der Waals surface area contributed by atoms with Gasteiger partial charge in [-0.25, -0.2) is 0 Å². The number of allylic oxidation sites excluding steroid dienone is 1. The molecule has 0 N–H and O–H groups in total. The van der Waals surface area contributed by atoms with Crippen LogP contribution in [0.2, 0.25) is 0 Å². The van der Waals surface area contributed by atoms with E-state index in [1.165, 1.54) is 0 Å². The predicted octanol–water partition coefficient (Wildman–Crippen LogP) is 6.25. The molecule has 2 rings (SSSR count). The van der Waals surface area contributed by atoms with Gasteiger partial charge in [-0.1, -0.05) is 6.08 Å². The molecule has 0 saturated carbocycles. The van der Waals surface area contributed by atoms with Gasteiger partial charge in [-0.15, -0.1) is 0 Å². The molecule has 29 heavy (non-hydrogen) atoms. The molecule has 0 aromatic heterocycles. The quantitative estimate of drug-likeness (QED) is 0.427. The number of ketones is 1. The maximum absolute atomic E-state index is 12.6. The van der Waals surface area contributed by atoms with Gasteiger partial charge < -0.3 is 14.2 Å². The van der Waals surface area contributed by atoms with Crippen molar-refractivity contribution in [3.05, 3.63) is 59.2 Å². The van der Waals surface area contributed by atoms with Crippen molar-refractivity contribution in [2.24, 2.45) is 0 Å². The van der Waals surface area contributed by atoms with Crippen LogP contribution in [0.4, 0.5) is 0 Å². The molecule has 0 aliphatic carbocycles. The number of hydrogen-bond acceptors (Lipinski definition) is 4. The third-order valence-electron chi connectivity index (χ3n) is 4.00. The molecule has 0 bridgehead atoms. The molecule has 0 heterocycles. The third-order valence-corrected chi connectivity index (χ3v) is 4.00. The smallest absolute Gasteiger partial charge is 0.185 e. The minimum Gasteiger partial charge on any atom is -0.497 e. The van der Waals surface area contributed by atoms with Gasteiger partial charge in [0.1, 0.15) is 28.5 Å². The lowest BCUT2D eigenvalue weighted by Crippen LogP contribution is -2.25. The maximum Gasteiger partial charge on any atom is 0.185 e. The molecule has 0 atom stereocenters. The Morgan fingerprint density at radius 1 is 0.862 bits per heavy atom. The zero-order valence-electron chi connectivity index (χ0n) is 18.8. The van der Waals surface area contributed by atoms with Crippen LogP contribution >= 0.6 is 0 Å². The van der Waals surface area contributed by atoms with Crippen LogP contribution in [-0.4, -0.2) is 24.1 Å². The Labute approximate surface area is 174 Å². The van der Waals surface area contributed by atoms with E-state index in [9.17, 15) is 4.79 Å². The van der Waals surface area contributed by atoms with Crippen molar-refractivity contribution >= 4 is 11.9 Å². The van der Waals surface area contributed by atoms with E-state index < -0.39 is 0 Å². The van der Waals surface area contributed by atoms with Gasteiger partial charge in [0.25, 0.3) is 0 Å². The van der Waals surface area contributed by atoms with E-state index in [0.29, 0.717) is 11.3 Å². The van der Waals surface area contributed by atoms with E-state index in [4.69, 9.17) is 14.2 Å². The van der Waals surface area contributed by atoms with Gasteiger partial charge >= 0.3 is 0 Å². The average Bonchev–Trinajstić information content (AvgIpc) is 2.60. The van der Waals surface area contributed by atoms with Crippen molar-refractivity contribution in [3.63, 3.8) is 0 Å². The first-order valence-corrected chi connectivity index (χ1v) is 9.77. The Hall–Kier alpha value is -2.75. The molecule has 2 aromatic rings. The molecular weight excluding hydrogens is 364 g/mol. The molecule has 0 aliphatic rings. The van der Waals surface area contributed by atoms with Crippen molar-refractivity contribution in [1.82, 2.24) is 0 Å². The van der Waals surface area contributed by atoms with Crippen molar-refractivity contribution in [3.8, 4) is 17.2 Å². The third kappa shape index (κ3) is 6.97. The second-order valence-corrected chi connectivity index (χ2v) is 8.99. The fraction of sp³-hybridized carbons (Fsp3) is 0.400. The number of benzene rings is 2. The lowest BCUT2D eigenvalue weighted by atomic mass is 10.0. The van der Waals surface area contributed by atoms with Crippen molar-refractivity contribution in [2.75, 3.05) is 7.11 Å². The van der Waals surface area contributed by atoms with Gasteiger partial charge in [-0.05, 0) is 96.0 Å². The van der Waals surface area contributed by atoms with Crippen LogP contribution in [0.15, 0.2) is 42.5 Å². The normalized spacial score (nSPS) is 12.1. The van der Waals surface area contributed by atoms with Crippen LogP contribution in [-0.2, 0) is 0 Å². The van der Waals surface area contributed by atoms with E-state index in [0.717, 1.165) is 22.6 Å². The molecule has 4 nitrogen and oxygen atoms in total. The SMILES string of the molecule is COc1ccc(C(=O)C=Cc2cc(OC(C)(C)C)cc(OC(C)(C)C)c2C)cc1. The van der Waals surface area contributed by atoms with E-state index in [1.807, 2.05) is 66.7 Å². The Morgan fingerprint density at radius 3 is 1.97 bits per heavy atom. The van der Waals surface area contributed by atoms with Gasteiger partial charge in [-0.2, -0.15) is 0 Å². The summed E-state index contributed by atoms with van der Waals surface area (Å²) in [7, 11) is 1.60. The molecule has 0 aliphatic heterocycles. The van der Waals surface area contributed by atoms with E-state index in [-0.39, 0.29) is 17.0 Å². The van der Waals surface area contributed by atoms with Crippen LogP contribution in [0.25, 0.3) is 6.08 Å². The summed E-state index contributed by atoms with van der Waals surface area (Å²) >= 11 is 0. The lowest BCUT2D eigenvalue weighted by molar-refractivity contribution is 0.104. The van der Waals surface area contributed by atoms with Crippen LogP contribution in [0.3, 0.4) is 0 Å². The summed E-state index contributed by atoms with van der Waals surface area (Å²) < 4.78 is 17.3. The second-order valence-electron chi connectivity index (χ2n) is 8.99. The first-order valence-electron chi connectivity index (χ1n) is 9.77. The summed E-state index contributed by atoms with van der Waals surface area (Å²) in [5.74, 6) is 2.10. The van der Waals surface area contributed by atoms with Crippen LogP contribution in [0.5, 0.6) is 17.2 Å². The minimum absolute atomic E-state index is 0.0764. The molecule has 156 valence electrons. The molecule has 2 aromatic carbocycles. The van der Waals surface area contributed by atoms with Crippen LogP contribution < -0.4 is 14.2 Å². The molecule has 0 unspecified atom stereocenters. The van der Waals surface area contributed by atoms with Gasteiger partial charge in [0.05, 0.1) is 7.11 Å². The fourth-order valence-electron chi connectivity index (χ4n) is 2.72. The summed E-state index contributed by atoms with van der Waals surface area (Å²) in [5, 5.41) is 0. The van der Waals surface area contributed by atoms with Crippen LogP contribution in [0, 0.1) is 6.92 Å². The number of carbonyl (C=O) groups is 1. The lowest BCUT2D eigenvalue weighted by Gasteiger charge is -2.26. The second kappa shape index (κ2) is 8.73. The fourth-order valence-corrected chi connectivity index (χ4v) is 2.72. The summed E-state index contributed by atoms with van der Waals surface area (Å²) in [6.45, 7) is 14.0. The Kier molecular flexibility index (Phi) is 6.78. The molecule has 0 saturated heterocycles. The minimum atomic E-state index is -0.342. The predicted molar refractivity (Wildman–Crippen MR) is 118 cm³/mol. The Bertz CT molecular complexity index is 879. The molecule has 4 heteroatoms. The van der Waals surface area contributed by atoms with Crippen molar-refractivity contribution in [2.45, 2.75) is 59.7 Å². The van der Waals surface area contributed by atoms with Crippen LogP contribution in [0.1, 0.15) is 63.0 Å². The average molecular weight is 397 g/mol. The molecule has 0 radical (unpaired) electrons. The van der Waals surface area contributed by atoms with E-state index >= 15 is 0 Å². The number of carbonyl (C=O) groups excluding carboxylic acids is 1. The zero-order chi connectivity index (χ0) is 21.8. The highest BCUT2D eigenvalue weighted by Crippen LogP contribution is 2.33. The maximum atomic E-state index is 12.6. The number of rotatable bonds is 6. The molecule has 0 spiro atoms. The Morgan fingerprint density at radius 2 is 1.45 bits per heavy atom. The topological polar surface area (TPSA) is 44.8 Å². The van der Waals surface area contributed by atoms with Gasteiger partial charge in [0.2, 0.25) is 0 Å². The first-order chi connectivity index (χ1) is 13.4. The number of methoxy groups -OCH3 is 1. The molecule has 0 amide bonds. The van der Waals surface area contributed by atoms with Gasteiger partial charge in [-0.3, -0.25) is 4.79 Å². The highest BCUT2D eigenvalue weighted by Gasteiger charge is 2.18. The number of hydrogen-bond donors (Lipinski definition) is 0. The standard InChI is InChI=1S/C25H32O4/c1-17-19(11-14-22(26)18-9-12-20(27-8)13-10-18)15-21(28-24(2,3)4)16-23(17)29-25(5,6)7/h9-16H,1-8H3. The van der Waals surface area contributed by atoms with Crippen molar-refractivity contribution < 1.29 is 19.0 Å². The van der Waals surface area contributed by atoms with Gasteiger partial charge in [0.15, 0.2) is 5.78 Å². The summed E-state index contributed by atoms with van der Waals surface area (Å²) in [4.78, 5) is 12.6. The highest BCUT2D eigenvalue weighted by atomic mass is 16.5. The molecular formula is C25H32O4. The van der Waals surface area contributed by atoms with Crippen molar-refractivity contribution in [1.29, 1.82) is 0 Å². The number of ether oxygens (including phenoxy) is 3. The zero-order valence-corrected chi connectivity index (χ0v) is 18.8. The Balaban J connectivity index is 2.37. The molecule has 0 fully saturated rings. The first kappa shape index (κ1) is 22.5. The summed E-state index contributed by atoms with van der Waals surface area (Å²) in [6, 6.07) is 10.9. The monoisotopic (exact) mass is 396 g/mol. The van der Waals surface area contributed by atoms with E-state index in [1.54, 1.807) is 37.5 Å². The summed E-state index contributed by atoms with van der Waals surface area (Å²) in [5.41, 5.74) is 1.76.